The second-order valence-corrected chi connectivity index (χ2v) is 3.99. The van der Waals surface area contributed by atoms with Crippen LogP contribution in [0.25, 0.3) is 0 Å². The normalized spacial score (nSPS) is 15.4. The smallest absolute Gasteiger partial charge is 0.127 e. The number of nitrogens with zero attached hydrogens (tertiary/aromatic N) is 1. The van der Waals surface area contributed by atoms with Crippen LogP contribution < -0.4 is 11.1 Å². The van der Waals surface area contributed by atoms with Crippen LogP contribution >= 0.6 is 0 Å². The minimum atomic E-state index is 0.768. The summed E-state index contributed by atoms with van der Waals surface area (Å²) >= 11 is 0. The molecule has 1 aromatic heterocycles. The molecule has 0 spiro atoms. The lowest BCUT2D eigenvalue weighted by Crippen LogP contribution is -2.03. The molecule has 2 rings (SSSR count). The van der Waals surface area contributed by atoms with E-state index in [0.29, 0.717) is 0 Å². The van der Waals surface area contributed by atoms with Crippen LogP contribution in [0.5, 0.6) is 0 Å². The molecule has 0 aromatic carbocycles. The number of nitrogens with two attached hydrogens (primary N) is 1. The maximum atomic E-state index is 5.64. The van der Waals surface area contributed by atoms with Gasteiger partial charge >= 0.3 is 0 Å². The third-order valence-electron chi connectivity index (χ3n) is 2.58. The van der Waals surface area contributed by atoms with Crippen molar-refractivity contribution in [1.82, 2.24) is 4.98 Å². The van der Waals surface area contributed by atoms with E-state index < -0.39 is 0 Å². The Morgan fingerprint density at radius 1 is 1.50 bits per heavy atom. The van der Waals surface area contributed by atoms with Crippen molar-refractivity contribution in [2.45, 2.75) is 25.7 Å². The molecular weight excluding hydrogens is 174 g/mol. The lowest BCUT2D eigenvalue weighted by Gasteiger charge is -2.05. The van der Waals surface area contributed by atoms with E-state index >= 15 is 0 Å². The molecule has 1 aromatic rings. The van der Waals surface area contributed by atoms with Gasteiger partial charge in [-0.25, -0.2) is 4.98 Å². The Balaban J connectivity index is 1.68. The molecule has 76 valence electrons. The third-order valence-corrected chi connectivity index (χ3v) is 2.58. The lowest BCUT2D eigenvalue weighted by atomic mass is 10.2. The molecule has 0 atom stereocenters. The zero-order chi connectivity index (χ0) is 9.80. The summed E-state index contributed by atoms with van der Waals surface area (Å²) in [5.41, 5.74) is 6.41. The van der Waals surface area contributed by atoms with Crippen molar-refractivity contribution in [3.05, 3.63) is 18.3 Å². The fourth-order valence-electron chi connectivity index (χ4n) is 1.56. The number of hydrogen-bond acceptors (Lipinski definition) is 3. The van der Waals surface area contributed by atoms with Crippen LogP contribution in [-0.2, 0) is 0 Å². The fraction of sp³-hybridized carbons (Fsp3) is 0.545. The Hall–Kier alpha value is -1.25. The van der Waals surface area contributed by atoms with Crippen molar-refractivity contribution < 1.29 is 0 Å². The number of hydrogen-bond donors (Lipinski definition) is 2. The molecule has 1 fully saturated rings. The van der Waals surface area contributed by atoms with Crippen LogP contribution in [0.3, 0.4) is 0 Å². The molecule has 1 heterocycles. The van der Waals surface area contributed by atoms with Gasteiger partial charge in [0.2, 0.25) is 0 Å². The van der Waals surface area contributed by atoms with Crippen molar-refractivity contribution in [3.63, 3.8) is 0 Å². The number of nitrogens with one attached hydrogen (secondary N) is 1. The molecule has 3 heteroatoms. The fourth-order valence-corrected chi connectivity index (χ4v) is 1.56. The van der Waals surface area contributed by atoms with Gasteiger partial charge in [0.25, 0.3) is 0 Å². The summed E-state index contributed by atoms with van der Waals surface area (Å²) in [5, 5.41) is 3.28. The number of aromatic nitrogens is 1. The lowest BCUT2D eigenvalue weighted by molar-refractivity contribution is 0.686. The first kappa shape index (κ1) is 9.31. The van der Waals surface area contributed by atoms with E-state index in [4.69, 9.17) is 5.73 Å². The monoisotopic (exact) mass is 191 g/mol. The van der Waals surface area contributed by atoms with Gasteiger partial charge in [-0.1, -0.05) is 12.8 Å². The van der Waals surface area contributed by atoms with Crippen LogP contribution in [0.4, 0.5) is 11.5 Å². The largest absolute Gasteiger partial charge is 0.399 e. The molecule has 0 saturated heterocycles. The molecule has 0 aliphatic heterocycles. The van der Waals surface area contributed by atoms with Crippen LogP contribution in [0.2, 0.25) is 0 Å². The van der Waals surface area contributed by atoms with Gasteiger partial charge in [0.05, 0.1) is 0 Å². The highest BCUT2D eigenvalue weighted by atomic mass is 15.0. The highest BCUT2D eigenvalue weighted by Crippen LogP contribution is 2.33. The molecular formula is C11H17N3. The summed E-state index contributed by atoms with van der Waals surface area (Å²) in [6, 6.07) is 3.67. The standard InChI is InChI=1S/C11H17N3/c12-10-5-7-14-11(8-10)13-6-1-2-9-3-4-9/h5,7-9H,1-4,6H2,(H3,12,13,14). The molecule has 14 heavy (non-hydrogen) atoms. The minimum Gasteiger partial charge on any atom is -0.399 e. The maximum absolute atomic E-state index is 5.64. The molecule has 1 aliphatic rings. The molecule has 3 N–H and O–H groups in total. The maximum Gasteiger partial charge on any atom is 0.127 e. The summed E-state index contributed by atoms with van der Waals surface area (Å²) in [7, 11) is 0. The molecule has 3 nitrogen and oxygen atoms in total. The van der Waals surface area contributed by atoms with Gasteiger partial charge in [0.15, 0.2) is 0 Å². The van der Waals surface area contributed by atoms with Gasteiger partial charge in [0.1, 0.15) is 5.82 Å². The molecule has 1 aliphatic carbocycles. The highest BCUT2D eigenvalue weighted by Gasteiger charge is 2.19. The molecule has 0 unspecified atom stereocenters. The van der Waals surface area contributed by atoms with Gasteiger partial charge in [-0.2, -0.15) is 0 Å². The van der Waals surface area contributed by atoms with E-state index in [2.05, 4.69) is 10.3 Å². The van der Waals surface area contributed by atoms with E-state index in [0.717, 1.165) is 24.0 Å². The van der Waals surface area contributed by atoms with Gasteiger partial charge in [-0.3, -0.25) is 0 Å². The van der Waals surface area contributed by atoms with Crippen molar-refractivity contribution in [1.29, 1.82) is 0 Å². The molecule has 0 amide bonds. The van der Waals surface area contributed by atoms with Crippen molar-refractivity contribution >= 4 is 11.5 Å². The van der Waals surface area contributed by atoms with Crippen molar-refractivity contribution in [3.8, 4) is 0 Å². The highest BCUT2D eigenvalue weighted by molar-refractivity contribution is 5.48. The summed E-state index contributed by atoms with van der Waals surface area (Å²) < 4.78 is 0. The number of anilines is 2. The van der Waals surface area contributed by atoms with Crippen LogP contribution in [-0.4, -0.2) is 11.5 Å². The zero-order valence-corrected chi connectivity index (χ0v) is 8.37. The zero-order valence-electron chi connectivity index (χ0n) is 8.37. The van der Waals surface area contributed by atoms with Gasteiger partial charge < -0.3 is 11.1 Å². The Morgan fingerprint density at radius 3 is 3.07 bits per heavy atom. The van der Waals surface area contributed by atoms with Gasteiger partial charge in [-0.05, 0) is 24.8 Å². The van der Waals surface area contributed by atoms with Crippen molar-refractivity contribution in [2.24, 2.45) is 5.92 Å². The van der Waals surface area contributed by atoms with Crippen LogP contribution in [0.1, 0.15) is 25.7 Å². The second-order valence-electron chi connectivity index (χ2n) is 3.99. The predicted molar refractivity (Wildman–Crippen MR) is 59.1 cm³/mol. The van der Waals surface area contributed by atoms with Gasteiger partial charge in [0, 0.05) is 24.5 Å². The van der Waals surface area contributed by atoms with Crippen molar-refractivity contribution in [2.75, 3.05) is 17.6 Å². The first-order valence-electron chi connectivity index (χ1n) is 5.30. The van der Waals surface area contributed by atoms with E-state index in [9.17, 15) is 0 Å². The van der Waals surface area contributed by atoms with E-state index in [1.165, 1.54) is 25.7 Å². The summed E-state index contributed by atoms with van der Waals surface area (Å²) in [5.74, 6) is 1.91. The van der Waals surface area contributed by atoms with Gasteiger partial charge in [-0.15, -0.1) is 0 Å². The summed E-state index contributed by atoms with van der Waals surface area (Å²) in [6.07, 6.45) is 7.21. The quantitative estimate of drug-likeness (QED) is 0.702. The molecule has 1 saturated carbocycles. The van der Waals surface area contributed by atoms with E-state index in [1.807, 2.05) is 6.07 Å². The minimum absolute atomic E-state index is 0.768. The number of nitrogen functional groups attached to an aromatic ring is 1. The Labute approximate surface area is 84.7 Å². The Kier molecular flexibility index (Phi) is 2.87. The number of pyridine rings is 1. The molecule has 0 bridgehead atoms. The number of rotatable bonds is 5. The van der Waals surface area contributed by atoms with Crippen LogP contribution in [0.15, 0.2) is 18.3 Å². The van der Waals surface area contributed by atoms with E-state index in [1.54, 1.807) is 12.3 Å². The topological polar surface area (TPSA) is 50.9 Å². The SMILES string of the molecule is Nc1ccnc(NCCCC2CC2)c1. The Morgan fingerprint density at radius 2 is 2.36 bits per heavy atom. The first-order chi connectivity index (χ1) is 6.84. The summed E-state index contributed by atoms with van der Waals surface area (Å²) in [4.78, 5) is 4.18. The average Bonchev–Trinajstić information content (AvgIpc) is 2.96. The Bertz CT molecular complexity index is 294. The second kappa shape index (κ2) is 4.31. The average molecular weight is 191 g/mol. The predicted octanol–water partition coefficient (Wildman–Crippen LogP) is 2.27. The first-order valence-corrected chi connectivity index (χ1v) is 5.30. The van der Waals surface area contributed by atoms with E-state index in [-0.39, 0.29) is 0 Å². The summed E-state index contributed by atoms with van der Waals surface area (Å²) in [6.45, 7) is 1.01. The molecule has 0 radical (unpaired) electrons. The third kappa shape index (κ3) is 2.91. The van der Waals surface area contributed by atoms with Crippen LogP contribution in [0, 0.1) is 5.92 Å².